The Bertz CT molecular complexity index is 5150. The molecule has 6 aliphatic rings. The van der Waals surface area contributed by atoms with Crippen LogP contribution in [0.15, 0.2) is 277 Å². The maximum absolute atomic E-state index is 13.9. The fourth-order valence-corrected chi connectivity index (χ4v) is 16.7. The number of carbonyl (C=O) groups is 2. The Hall–Kier alpha value is -10.6. The molecule has 6 saturated heterocycles. The zero-order valence-corrected chi connectivity index (χ0v) is 68.7. The van der Waals surface area contributed by atoms with E-state index in [1.54, 1.807) is 11.8 Å². The van der Waals surface area contributed by atoms with Crippen LogP contribution in [0.2, 0.25) is 0 Å². The number of esters is 1. The van der Waals surface area contributed by atoms with Gasteiger partial charge in [0.2, 0.25) is 0 Å². The lowest BCUT2D eigenvalue weighted by Crippen LogP contribution is -2.68. The summed E-state index contributed by atoms with van der Waals surface area (Å²) in [6, 6.07) is 82.1. The Balaban J connectivity index is 0.735. The van der Waals surface area contributed by atoms with Crippen LogP contribution < -0.4 is 0 Å². The number of hydrogen-bond donors (Lipinski definition) is 1. The van der Waals surface area contributed by atoms with Crippen LogP contribution in [0, 0.1) is 0 Å². The molecule has 0 bridgehead atoms. The zero-order chi connectivity index (χ0) is 84.9. The van der Waals surface area contributed by atoms with Gasteiger partial charge in [-0.05, 0) is 104 Å². The van der Waals surface area contributed by atoms with Crippen LogP contribution >= 0.6 is 0 Å². The minimum atomic E-state index is -1.69. The molecule has 22 atom stereocenters. The molecule has 0 aromatic heterocycles. The minimum absolute atomic E-state index is 0.00441. The summed E-state index contributed by atoms with van der Waals surface area (Å²) in [5, 5.41) is 25.6. The number of ether oxygens (including phenoxy) is 18. The quantitative estimate of drug-likeness (QED) is 0.0127. The fourth-order valence-electron chi connectivity index (χ4n) is 16.7. The van der Waals surface area contributed by atoms with Gasteiger partial charge in [-0.3, -0.25) is 4.79 Å². The van der Waals surface area contributed by atoms with E-state index in [4.69, 9.17) is 85.3 Å². The molecular formula is C96H101N7O21. The number of nitrogens with zero attached hydrogens (tertiary/aromatic N) is 7. The molecule has 0 aliphatic carbocycles. The molecule has 16 rings (SSSR count). The van der Waals surface area contributed by atoms with E-state index in [0.717, 1.165) is 60.5 Å². The van der Waals surface area contributed by atoms with Gasteiger partial charge in [-0.15, -0.1) is 0 Å². The van der Waals surface area contributed by atoms with Crippen molar-refractivity contribution in [3.8, 4) is 0 Å². The van der Waals surface area contributed by atoms with Gasteiger partial charge in [-0.25, -0.2) is 4.79 Å². The summed E-state index contributed by atoms with van der Waals surface area (Å²) in [6.45, 7) is 3.77. The van der Waals surface area contributed by atoms with Crippen molar-refractivity contribution >= 4 is 33.6 Å². The molecule has 124 heavy (non-hydrogen) atoms. The Labute approximate surface area is 718 Å². The molecule has 6 aliphatic heterocycles. The lowest BCUT2D eigenvalue weighted by Gasteiger charge is -2.53. The van der Waals surface area contributed by atoms with Gasteiger partial charge in [0, 0.05) is 47.6 Å². The summed E-state index contributed by atoms with van der Waals surface area (Å²) in [7, 11) is 0. The van der Waals surface area contributed by atoms with Crippen molar-refractivity contribution in [3.63, 3.8) is 0 Å². The summed E-state index contributed by atoms with van der Waals surface area (Å²) in [5.74, 6) is -0.745. The number of aliphatic hydroxyl groups is 1. The average molecular weight is 1690 g/mol. The van der Waals surface area contributed by atoms with E-state index in [0.29, 0.717) is 37.9 Å². The van der Waals surface area contributed by atoms with Crippen LogP contribution in [0.3, 0.4) is 0 Å². The smallest absolute Gasteiger partial charge is 0.410 e. The SMILES string of the molecule is CC(=O)OC1C(C)OC(O[C@@H]2[C@@H](N=[N+]=[N-])[C@@H](O[C@@H]3[C@H](OCc4ccc5ccccc5c4)[C@@H](OCc4ccc5ccccc5c4)[C@@H](OCCCCCN(Cc4ccccc4)C(=O)OCc4ccccc4)O[C@@H]3COCc3ccccc3)O[C@@H]3CO[C@H](c4ccccc4)O[C@H]23)C(N=[N+]=[N-])C1O[C@@H]1O[C@@H]2CO[C@@H](c3ccccc3)O[C@H]2[C@H](OCc2ccccc2)[C@H]1O. The highest BCUT2D eigenvalue weighted by molar-refractivity contribution is 5.83. The molecule has 0 radical (unpaired) electrons. The lowest BCUT2D eigenvalue weighted by atomic mass is 9.93. The highest BCUT2D eigenvalue weighted by atomic mass is 16.8. The van der Waals surface area contributed by atoms with Gasteiger partial charge < -0.3 is 95.3 Å². The molecule has 5 unspecified atom stereocenters. The molecule has 1 amide bonds. The molecular weight excluding hydrogens is 1590 g/mol. The van der Waals surface area contributed by atoms with Gasteiger partial charge in [-0.2, -0.15) is 0 Å². The first-order valence-electron chi connectivity index (χ1n) is 42.2. The molecule has 6 heterocycles. The maximum atomic E-state index is 13.9. The van der Waals surface area contributed by atoms with Crippen molar-refractivity contribution in [1.82, 2.24) is 4.90 Å². The van der Waals surface area contributed by atoms with Gasteiger partial charge in [0.25, 0.3) is 0 Å². The largest absolute Gasteiger partial charge is 0.457 e. The van der Waals surface area contributed by atoms with Crippen LogP contribution in [-0.2, 0) is 130 Å². The van der Waals surface area contributed by atoms with Crippen molar-refractivity contribution in [1.29, 1.82) is 0 Å². The first-order chi connectivity index (χ1) is 60.9. The third kappa shape index (κ3) is 22.0. The minimum Gasteiger partial charge on any atom is -0.457 e. The molecule has 28 heteroatoms. The van der Waals surface area contributed by atoms with Crippen molar-refractivity contribution in [3.05, 3.63) is 332 Å². The third-order valence-corrected chi connectivity index (χ3v) is 22.9. The summed E-state index contributed by atoms with van der Waals surface area (Å²) in [4.78, 5) is 35.9. The first-order valence-corrected chi connectivity index (χ1v) is 42.2. The van der Waals surface area contributed by atoms with Gasteiger partial charge in [0.05, 0.1) is 52.4 Å². The number of azide groups is 2. The van der Waals surface area contributed by atoms with Gasteiger partial charge >= 0.3 is 12.1 Å². The third-order valence-electron chi connectivity index (χ3n) is 22.9. The number of carbonyl (C=O) groups excluding carboxylic acids is 2. The molecule has 1 N–H and O–H groups in total. The van der Waals surface area contributed by atoms with Crippen molar-refractivity contribution in [2.24, 2.45) is 10.2 Å². The van der Waals surface area contributed by atoms with Crippen LogP contribution in [0.5, 0.6) is 0 Å². The number of aliphatic hydroxyl groups excluding tert-OH is 1. The van der Waals surface area contributed by atoms with E-state index in [2.05, 4.69) is 32.2 Å². The Morgan fingerprint density at radius 2 is 0.903 bits per heavy atom. The van der Waals surface area contributed by atoms with Crippen LogP contribution in [0.25, 0.3) is 42.4 Å². The number of amides is 1. The van der Waals surface area contributed by atoms with Gasteiger partial charge in [-0.1, -0.05) is 265 Å². The molecule has 28 nitrogen and oxygen atoms in total. The lowest BCUT2D eigenvalue weighted by molar-refractivity contribution is -0.395. The van der Waals surface area contributed by atoms with Crippen LogP contribution in [-0.4, -0.2) is 178 Å². The molecule has 646 valence electrons. The predicted molar refractivity (Wildman–Crippen MR) is 452 cm³/mol. The molecule has 0 spiro atoms. The topological polar surface area (TPSA) is 321 Å². The van der Waals surface area contributed by atoms with Gasteiger partial charge in [0.15, 0.2) is 43.8 Å². The predicted octanol–water partition coefficient (Wildman–Crippen LogP) is 16.2. The summed E-state index contributed by atoms with van der Waals surface area (Å²) < 4.78 is 123. The number of hydrogen-bond acceptors (Lipinski definition) is 23. The van der Waals surface area contributed by atoms with E-state index in [-0.39, 0.29) is 59.5 Å². The first kappa shape index (κ1) is 86.9. The monoisotopic (exact) mass is 1690 g/mol. The van der Waals surface area contributed by atoms with Gasteiger partial charge in [0.1, 0.15) is 91.9 Å². The zero-order valence-electron chi connectivity index (χ0n) is 68.7. The maximum Gasteiger partial charge on any atom is 0.410 e. The van der Waals surface area contributed by atoms with Crippen LogP contribution in [0.4, 0.5) is 4.79 Å². The average Bonchev–Trinajstić information content (AvgIpc) is 0.754. The standard InChI is InChI=1S/C96H101N7O21/c1-61-81(116-62(2)104)85(124-94-80(105)87(109-54-65-32-14-5-15-33-65)83-77(118-94)60-113-91(121-83)72-40-20-8-21-41-72)78(99-101-97)92(115-61)123-86-79(100-102-98)93(117-76-59-112-90(120-82(76)86)71-38-18-7-19-39-71)122-84-75(58-107-53-64-30-12-4-13-31-64)119-95(108-49-27-9-26-48-103(52-63-28-10-3-11-29-63)96(106)114-55-66-34-16-6-17-35-66)89(111-57-68-45-47-70-37-23-25-43-74(70)51-68)88(84)110-56-67-44-46-69-36-22-24-42-73(69)50-67/h3-8,10-25,28-47,50-51,61,75-95,105H,9,26-27,48-49,52-60H2,1-2H3/t61?,75-,76-,77-,78?,79-,80-,81?,82+,83-,84+,85?,86-,87-,88+,89-,90+,91-,92?,93-,94+,95+/m1/s1. The molecule has 0 saturated carbocycles. The number of fused-ring (bicyclic) bond motifs is 4. The fraction of sp³-hybridized carbons (Fsp3) is 0.396. The van der Waals surface area contributed by atoms with E-state index in [1.165, 1.54) is 6.92 Å². The highest BCUT2D eigenvalue weighted by Gasteiger charge is 2.60. The van der Waals surface area contributed by atoms with Crippen molar-refractivity contribution in [2.75, 3.05) is 33.0 Å². The second kappa shape index (κ2) is 42.9. The number of rotatable bonds is 35. The second-order valence-corrected chi connectivity index (χ2v) is 31.5. The van der Waals surface area contributed by atoms with E-state index >= 15 is 0 Å². The number of benzene rings is 10. The van der Waals surface area contributed by atoms with E-state index in [9.17, 15) is 25.8 Å². The van der Waals surface area contributed by atoms with Crippen molar-refractivity contribution < 1.29 is 100.0 Å². The summed E-state index contributed by atoms with van der Waals surface area (Å²) >= 11 is 0. The van der Waals surface area contributed by atoms with Crippen LogP contribution in [0.1, 0.15) is 90.2 Å². The van der Waals surface area contributed by atoms with E-state index in [1.807, 2.05) is 255 Å². The Morgan fingerprint density at radius 1 is 0.435 bits per heavy atom. The van der Waals surface area contributed by atoms with E-state index < -0.39 is 147 Å². The Morgan fingerprint density at radius 3 is 1.48 bits per heavy atom. The molecule has 10 aromatic carbocycles. The highest BCUT2D eigenvalue weighted by Crippen LogP contribution is 2.44. The second-order valence-electron chi connectivity index (χ2n) is 31.5. The summed E-state index contributed by atoms with van der Waals surface area (Å²) in [5.41, 5.74) is 28.5. The number of unbranched alkanes of at least 4 members (excludes halogenated alkanes) is 2. The summed E-state index contributed by atoms with van der Waals surface area (Å²) in [6.07, 6.45) is -23.7. The molecule has 10 aromatic rings. The Kier molecular flexibility index (Phi) is 30.0. The normalized spacial score (nSPS) is 28.5. The van der Waals surface area contributed by atoms with Crippen molar-refractivity contribution in [2.45, 2.75) is 208 Å². The molecule has 6 fully saturated rings.